The van der Waals surface area contributed by atoms with Crippen molar-refractivity contribution in [3.05, 3.63) is 23.9 Å². The van der Waals surface area contributed by atoms with E-state index in [1.54, 1.807) is 12.3 Å². The number of morpholine rings is 1. The van der Waals surface area contributed by atoms with Gasteiger partial charge in [0.05, 0.1) is 25.4 Å². The van der Waals surface area contributed by atoms with Crippen molar-refractivity contribution >= 4 is 5.82 Å². The van der Waals surface area contributed by atoms with Gasteiger partial charge in [-0.25, -0.2) is 4.98 Å². The predicted octanol–water partition coefficient (Wildman–Crippen LogP) is 0.808. The zero-order chi connectivity index (χ0) is 13.0. The molecule has 1 aromatic heterocycles. The fraction of sp³-hybridized carbons (Fsp3) is 0.615. The number of nitrogens with zero attached hydrogens (tertiary/aromatic N) is 2. The third kappa shape index (κ3) is 2.98. The number of aromatic nitrogens is 1. The second-order valence-electron chi connectivity index (χ2n) is 4.67. The summed E-state index contributed by atoms with van der Waals surface area (Å²) in [5, 5.41) is 9.33. The molecule has 0 spiro atoms. The van der Waals surface area contributed by atoms with Crippen LogP contribution in [0.15, 0.2) is 18.3 Å². The molecule has 2 atom stereocenters. The van der Waals surface area contributed by atoms with Crippen LogP contribution in [-0.2, 0) is 4.74 Å². The van der Waals surface area contributed by atoms with Gasteiger partial charge in [0, 0.05) is 18.3 Å². The number of anilines is 1. The Kier molecular flexibility index (Phi) is 4.52. The second-order valence-corrected chi connectivity index (χ2v) is 4.67. The highest BCUT2D eigenvalue weighted by atomic mass is 16.5. The van der Waals surface area contributed by atoms with Crippen LogP contribution in [0.3, 0.4) is 0 Å². The number of hydrogen-bond acceptors (Lipinski definition) is 5. The molecule has 1 aliphatic heterocycles. The van der Waals surface area contributed by atoms with Gasteiger partial charge in [-0.3, -0.25) is 4.90 Å². The third-order valence-corrected chi connectivity index (χ3v) is 3.31. The molecule has 5 heteroatoms. The van der Waals surface area contributed by atoms with Crippen LogP contribution in [0.25, 0.3) is 0 Å². The molecule has 0 saturated carbocycles. The smallest absolute Gasteiger partial charge is 0.123 e. The molecule has 0 amide bonds. The summed E-state index contributed by atoms with van der Waals surface area (Å²) in [5.74, 6) is 0.521. The van der Waals surface area contributed by atoms with Gasteiger partial charge in [-0.2, -0.15) is 0 Å². The van der Waals surface area contributed by atoms with Crippen molar-refractivity contribution in [3.63, 3.8) is 0 Å². The SMILES string of the molecule is CCCN1CC(c2ccc(N)nc2)OCC1CO. The average molecular weight is 251 g/mol. The Balaban J connectivity index is 2.05. The lowest BCUT2D eigenvalue weighted by Crippen LogP contribution is -2.48. The number of nitrogen functional groups attached to an aromatic ring is 1. The van der Waals surface area contributed by atoms with E-state index < -0.39 is 0 Å². The molecular formula is C13H21N3O2. The van der Waals surface area contributed by atoms with Crippen LogP contribution in [-0.4, -0.2) is 47.3 Å². The van der Waals surface area contributed by atoms with E-state index >= 15 is 0 Å². The van der Waals surface area contributed by atoms with E-state index in [1.165, 1.54) is 0 Å². The van der Waals surface area contributed by atoms with Gasteiger partial charge in [0.15, 0.2) is 0 Å². The summed E-state index contributed by atoms with van der Waals surface area (Å²) in [5.41, 5.74) is 6.62. The molecule has 0 aliphatic carbocycles. The molecule has 3 N–H and O–H groups in total. The standard InChI is InChI=1S/C13H21N3O2/c1-2-5-16-7-12(18-9-11(16)8-17)10-3-4-13(14)15-6-10/h3-4,6,11-12,17H,2,5,7-9H2,1H3,(H2,14,15). The summed E-state index contributed by atoms with van der Waals surface area (Å²) < 4.78 is 5.80. The first kappa shape index (κ1) is 13.3. The molecule has 0 radical (unpaired) electrons. The van der Waals surface area contributed by atoms with Gasteiger partial charge in [-0.15, -0.1) is 0 Å². The van der Waals surface area contributed by atoms with Crippen molar-refractivity contribution in [2.24, 2.45) is 0 Å². The van der Waals surface area contributed by atoms with E-state index in [4.69, 9.17) is 10.5 Å². The Morgan fingerprint density at radius 3 is 3.00 bits per heavy atom. The first-order valence-electron chi connectivity index (χ1n) is 6.42. The minimum absolute atomic E-state index is 0.0208. The maximum absolute atomic E-state index is 9.33. The van der Waals surface area contributed by atoms with Crippen LogP contribution in [0.4, 0.5) is 5.82 Å². The monoisotopic (exact) mass is 251 g/mol. The van der Waals surface area contributed by atoms with Gasteiger partial charge in [0.2, 0.25) is 0 Å². The van der Waals surface area contributed by atoms with Gasteiger partial charge in [0.25, 0.3) is 0 Å². The predicted molar refractivity (Wildman–Crippen MR) is 70.1 cm³/mol. The highest BCUT2D eigenvalue weighted by Crippen LogP contribution is 2.24. The normalized spacial score (nSPS) is 25.2. The molecule has 1 aliphatic rings. The van der Waals surface area contributed by atoms with Gasteiger partial charge in [-0.05, 0) is 19.0 Å². The Bertz CT molecular complexity index is 369. The van der Waals surface area contributed by atoms with E-state index in [2.05, 4.69) is 16.8 Å². The Labute approximate surface area is 108 Å². The third-order valence-electron chi connectivity index (χ3n) is 3.31. The molecule has 1 fully saturated rings. The number of rotatable bonds is 4. The summed E-state index contributed by atoms with van der Waals surface area (Å²) in [6.07, 6.45) is 2.86. The Hall–Kier alpha value is -1.17. The molecule has 1 saturated heterocycles. The molecule has 1 aromatic rings. The lowest BCUT2D eigenvalue weighted by molar-refractivity contribution is -0.0782. The van der Waals surface area contributed by atoms with E-state index in [1.807, 2.05) is 6.07 Å². The molecule has 2 unspecified atom stereocenters. The molecule has 0 aromatic carbocycles. The lowest BCUT2D eigenvalue weighted by atomic mass is 10.1. The fourth-order valence-corrected chi connectivity index (χ4v) is 2.29. The van der Waals surface area contributed by atoms with E-state index in [-0.39, 0.29) is 18.8 Å². The number of nitrogens with two attached hydrogens (primary N) is 1. The van der Waals surface area contributed by atoms with Gasteiger partial charge < -0.3 is 15.6 Å². The first-order chi connectivity index (χ1) is 8.74. The van der Waals surface area contributed by atoms with Crippen LogP contribution >= 0.6 is 0 Å². The summed E-state index contributed by atoms with van der Waals surface area (Å²) in [4.78, 5) is 6.38. The van der Waals surface area contributed by atoms with Crippen LogP contribution in [0.5, 0.6) is 0 Å². The van der Waals surface area contributed by atoms with Crippen molar-refractivity contribution < 1.29 is 9.84 Å². The molecule has 100 valence electrons. The Morgan fingerprint density at radius 2 is 2.39 bits per heavy atom. The second kappa shape index (κ2) is 6.13. The van der Waals surface area contributed by atoms with Crippen molar-refractivity contribution in [3.8, 4) is 0 Å². The van der Waals surface area contributed by atoms with Crippen LogP contribution < -0.4 is 5.73 Å². The summed E-state index contributed by atoms with van der Waals surface area (Å²) in [6.45, 7) is 4.63. The molecule has 2 rings (SSSR count). The maximum Gasteiger partial charge on any atom is 0.123 e. The first-order valence-corrected chi connectivity index (χ1v) is 6.42. The van der Waals surface area contributed by atoms with Crippen molar-refractivity contribution in [1.29, 1.82) is 0 Å². The fourth-order valence-electron chi connectivity index (χ4n) is 2.29. The van der Waals surface area contributed by atoms with E-state index in [0.717, 1.165) is 25.1 Å². The van der Waals surface area contributed by atoms with Crippen molar-refractivity contribution in [2.75, 3.05) is 32.0 Å². The summed E-state index contributed by atoms with van der Waals surface area (Å²) in [6, 6.07) is 3.86. The topological polar surface area (TPSA) is 71.6 Å². The van der Waals surface area contributed by atoms with Crippen LogP contribution in [0.1, 0.15) is 25.0 Å². The summed E-state index contributed by atoms with van der Waals surface area (Å²) >= 11 is 0. The van der Waals surface area contributed by atoms with Gasteiger partial charge >= 0.3 is 0 Å². The number of aliphatic hydroxyl groups is 1. The maximum atomic E-state index is 9.33. The van der Waals surface area contributed by atoms with Crippen LogP contribution in [0, 0.1) is 0 Å². The average Bonchev–Trinajstić information content (AvgIpc) is 2.40. The van der Waals surface area contributed by atoms with Gasteiger partial charge in [0.1, 0.15) is 5.82 Å². The lowest BCUT2D eigenvalue weighted by Gasteiger charge is -2.38. The molecule has 2 heterocycles. The quantitative estimate of drug-likeness (QED) is 0.828. The minimum Gasteiger partial charge on any atom is -0.395 e. The number of ether oxygens (including phenoxy) is 1. The molecule has 0 bridgehead atoms. The highest BCUT2D eigenvalue weighted by molar-refractivity contribution is 5.30. The number of pyridine rings is 1. The van der Waals surface area contributed by atoms with Crippen LogP contribution in [0.2, 0.25) is 0 Å². The zero-order valence-corrected chi connectivity index (χ0v) is 10.7. The van der Waals surface area contributed by atoms with E-state index in [0.29, 0.717) is 12.4 Å². The Morgan fingerprint density at radius 1 is 1.56 bits per heavy atom. The number of aliphatic hydroxyl groups excluding tert-OH is 1. The number of hydrogen-bond donors (Lipinski definition) is 2. The largest absolute Gasteiger partial charge is 0.395 e. The molecule has 18 heavy (non-hydrogen) atoms. The van der Waals surface area contributed by atoms with E-state index in [9.17, 15) is 5.11 Å². The zero-order valence-electron chi connectivity index (χ0n) is 10.7. The van der Waals surface area contributed by atoms with Gasteiger partial charge in [-0.1, -0.05) is 13.0 Å². The highest BCUT2D eigenvalue weighted by Gasteiger charge is 2.28. The van der Waals surface area contributed by atoms with Crippen molar-refractivity contribution in [1.82, 2.24) is 9.88 Å². The minimum atomic E-state index is 0.0208. The molecule has 5 nitrogen and oxygen atoms in total. The summed E-state index contributed by atoms with van der Waals surface area (Å²) in [7, 11) is 0. The molecular weight excluding hydrogens is 230 g/mol. The van der Waals surface area contributed by atoms with Crippen molar-refractivity contribution in [2.45, 2.75) is 25.5 Å².